The number of fused-ring (bicyclic) bond motifs is 1. The second kappa shape index (κ2) is 5.68. The Balaban J connectivity index is 1.92. The third kappa shape index (κ3) is 2.53. The molecule has 20 heavy (non-hydrogen) atoms. The van der Waals surface area contributed by atoms with Crippen LogP contribution in [0.25, 0.3) is 10.1 Å². The van der Waals surface area contributed by atoms with Gasteiger partial charge in [-0.2, -0.15) is 0 Å². The van der Waals surface area contributed by atoms with Crippen LogP contribution in [-0.2, 0) is 6.42 Å². The molecule has 0 saturated heterocycles. The SMILES string of the molecule is Cc1cccc(C(N)Cc2csc3ccccc23)c1Br. The Morgan fingerprint density at radius 3 is 2.80 bits per heavy atom. The van der Waals surface area contributed by atoms with Crippen molar-refractivity contribution in [3.63, 3.8) is 0 Å². The van der Waals surface area contributed by atoms with Crippen LogP contribution in [0.5, 0.6) is 0 Å². The minimum absolute atomic E-state index is 0.0160. The molecule has 1 nitrogen and oxygen atoms in total. The standard InChI is InChI=1S/C17H16BrNS/c1-11-5-4-7-14(17(11)18)15(19)9-12-10-20-16-8-3-2-6-13(12)16/h2-8,10,15H,9,19H2,1H3. The maximum absolute atomic E-state index is 6.42. The molecule has 3 aromatic rings. The van der Waals surface area contributed by atoms with Crippen molar-refractivity contribution < 1.29 is 0 Å². The first-order valence-corrected chi connectivity index (χ1v) is 8.30. The molecule has 3 heteroatoms. The van der Waals surface area contributed by atoms with Gasteiger partial charge in [-0.1, -0.05) is 52.3 Å². The van der Waals surface area contributed by atoms with Crippen LogP contribution >= 0.6 is 27.3 Å². The van der Waals surface area contributed by atoms with Gasteiger partial charge >= 0.3 is 0 Å². The van der Waals surface area contributed by atoms with Gasteiger partial charge in [-0.25, -0.2) is 0 Å². The van der Waals surface area contributed by atoms with Gasteiger partial charge in [-0.15, -0.1) is 11.3 Å². The van der Waals surface area contributed by atoms with Crippen LogP contribution in [0.4, 0.5) is 0 Å². The first-order chi connectivity index (χ1) is 9.66. The largest absolute Gasteiger partial charge is 0.324 e. The van der Waals surface area contributed by atoms with Gasteiger partial charge in [0, 0.05) is 15.2 Å². The minimum Gasteiger partial charge on any atom is -0.324 e. The lowest BCUT2D eigenvalue weighted by atomic mass is 9.98. The van der Waals surface area contributed by atoms with E-state index in [2.05, 4.69) is 70.7 Å². The summed E-state index contributed by atoms with van der Waals surface area (Å²) in [6.07, 6.45) is 0.867. The number of aryl methyl sites for hydroxylation is 1. The lowest BCUT2D eigenvalue weighted by Gasteiger charge is -2.15. The molecule has 2 N–H and O–H groups in total. The predicted molar refractivity (Wildman–Crippen MR) is 91.3 cm³/mol. The molecule has 2 aromatic carbocycles. The number of benzene rings is 2. The molecule has 0 fully saturated rings. The summed E-state index contributed by atoms with van der Waals surface area (Å²) in [4.78, 5) is 0. The number of thiophene rings is 1. The van der Waals surface area contributed by atoms with E-state index in [-0.39, 0.29) is 6.04 Å². The molecule has 1 aromatic heterocycles. The first kappa shape index (κ1) is 13.8. The smallest absolute Gasteiger partial charge is 0.0347 e. The lowest BCUT2D eigenvalue weighted by molar-refractivity contribution is 0.722. The number of nitrogens with two attached hydrogens (primary N) is 1. The van der Waals surface area contributed by atoms with Crippen molar-refractivity contribution in [2.75, 3.05) is 0 Å². The zero-order valence-corrected chi connectivity index (χ0v) is 13.7. The predicted octanol–water partition coefficient (Wildman–Crippen LogP) is 5.21. The number of rotatable bonds is 3. The van der Waals surface area contributed by atoms with Crippen LogP contribution in [0.15, 0.2) is 52.3 Å². The van der Waals surface area contributed by atoms with Crippen LogP contribution < -0.4 is 5.73 Å². The van der Waals surface area contributed by atoms with E-state index in [1.54, 1.807) is 11.3 Å². The van der Waals surface area contributed by atoms with Crippen LogP contribution in [0, 0.1) is 6.92 Å². The Kier molecular flexibility index (Phi) is 3.92. The Labute approximate surface area is 131 Å². The van der Waals surface area contributed by atoms with Gasteiger partial charge in [-0.3, -0.25) is 0 Å². The Morgan fingerprint density at radius 1 is 1.15 bits per heavy atom. The molecule has 0 aliphatic rings. The molecule has 1 atom stereocenters. The summed E-state index contributed by atoms with van der Waals surface area (Å²) in [5.74, 6) is 0. The summed E-state index contributed by atoms with van der Waals surface area (Å²) >= 11 is 5.45. The Bertz CT molecular complexity index is 748. The molecular weight excluding hydrogens is 330 g/mol. The van der Waals surface area contributed by atoms with Gasteiger partial charge in [0.15, 0.2) is 0 Å². The molecular formula is C17H16BrNS. The van der Waals surface area contributed by atoms with E-state index < -0.39 is 0 Å². The number of hydrogen-bond acceptors (Lipinski definition) is 2. The van der Waals surface area contributed by atoms with Gasteiger partial charge < -0.3 is 5.73 Å². The Morgan fingerprint density at radius 2 is 1.95 bits per heavy atom. The van der Waals surface area contributed by atoms with E-state index in [4.69, 9.17) is 5.73 Å². The highest BCUT2D eigenvalue weighted by molar-refractivity contribution is 9.10. The lowest BCUT2D eigenvalue weighted by Crippen LogP contribution is -2.14. The first-order valence-electron chi connectivity index (χ1n) is 6.62. The molecule has 1 heterocycles. The summed E-state index contributed by atoms with van der Waals surface area (Å²) in [5.41, 5.74) is 10.2. The van der Waals surface area contributed by atoms with E-state index in [9.17, 15) is 0 Å². The third-order valence-corrected chi connectivity index (χ3v) is 5.72. The monoisotopic (exact) mass is 345 g/mol. The topological polar surface area (TPSA) is 26.0 Å². The molecule has 0 radical (unpaired) electrons. The number of halogens is 1. The van der Waals surface area contributed by atoms with E-state index in [0.29, 0.717) is 0 Å². The van der Waals surface area contributed by atoms with Gasteiger partial charge in [-0.05, 0) is 46.9 Å². The summed E-state index contributed by atoms with van der Waals surface area (Å²) in [7, 11) is 0. The molecule has 0 spiro atoms. The van der Waals surface area contributed by atoms with E-state index >= 15 is 0 Å². The van der Waals surface area contributed by atoms with E-state index in [0.717, 1.165) is 10.9 Å². The third-order valence-electron chi connectivity index (χ3n) is 3.62. The molecule has 1 unspecified atom stereocenters. The van der Waals surface area contributed by atoms with E-state index in [1.165, 1.54) is 26.8 Å². The molecule has 3 rings (SSSR count). The van der Waals surface area contributed by atoms with Gasteiger partial charge in [0.25, 0.3) is 0 Å². The summed E-state index contributed by atoms with van der Waals surface area (Å²) in [5, 5.41) is 3.56. The van der Waals surface area contributed by atoms with Crippen molar-refractivity contribution in [2.24, 2.45) is 5.73 Å². The molecule has 0 amide bonds. The minimum atomic E-state index is 0.0160. The molecule has 0 aliphatic heterocycles. The Hall–Kier alpha value is -1.16. The highest BCUT2D eigenvalue weighted by atomic mass is 79.9. The quantitative estimate of drug-likeness (QED) is 0.692. The summed E-state index contributed by atoms with van der Waals surface area (Å²) in [6, 6.07) is 14.8. The fourth-order valence-corrected chi connectivity index (χ4v) is 4.03. The maximum atomic E-state index is 6.42. The van der Waals surface area contributed by atoms with Crippen molar-refractivity contribution >= 4 is 37.4 Å². The maximum Gasteiger partial charge on any atom is 0.0347 e. The van der Waals surface area contributed by atoms with Crippen molar-refractivity contribution in [1.82, 2.24) is 0 Å². The van der Waals surface area contributed by atoms with Crippen LogP contribution in [0.2, 0.25) is 0 Å². The average Bonchev–Trinajstić information content (AvgIpc) is 2.85. The molecule has 0 saturated carbocycles. The van der Waals surface area contributed by atoms with Crippen molar-refractivity contribution in [3.05, 3.63) is 69.0 Å². The highest BCUT2D eigenvalue weighted by Crippen LogP contribution is 2.31. The van der Waals surface area contributed by atoms with E-state index in [1.807, 2.05) is 0 Å². The highest BCUT2D eigenvalue weighted by Gasteiger charge is 2.14. The van der Waals surface area contributed by atoms with Crippen LogP contribution in [0.1, 0.15) is 22.7 Å². The van der Waals surface area contributed by atoms with Crippen molar-refractivity contribution in [2.45, 2.75) is 19.4 Å². The fraction of sp³-hybridized carbons (Fsp3) is 0.176. The van der Waals surface area contributed by atoms with Crippen LogP contribution in [0.3, 0.4) is 0 Å². The van der Waals surface area contributed by atoms with Crippen molar-refractivity contribution in [1.29, 1.82) is 0 Å². The second-order valence-electron chi connectivity index (χ2n) is 5.05. The molecule has 0 aliphatic carbocycles. The van der Waals surface area contributed by atoms with Crippen molar-refractivity contribution in [3.8, 4) is 0 Å². The van der Waals surface area contributed by atoms with Gasteiger partial charge in [0.2, 0.25) is 0 Å². The second-order valence-corrected chi connectivity index (χ2v) is 6.75. The average molecular weight is 346 g/mol. The normalized spacial score (nSPS) is 12.8. The zero-order valence-electron chi connectivity index (χ0n) is 11.3. The number of hydrogen-bond donors (Lipinski definition) is 1. The van der Waals surface area contributed by atoms with Crippen LogP contribution in [-0.4, -0.2) is 0 Å². The molecule has 102 valence electrons. The summed E-state index contributed by atoms with van der Waals surface area (Å²) < 4.78 is 2.46. The fourth-order valence-electron chi connectivity index (χ4n) is 2.49. The summed E-state index contributed by atoms with van der Waals surface area (Å²) in [6.45, 7) is 2.10. The molecule has 0 bridgehead atoms. The zero-order chi connectivity index (χ0) is 14.1. The van der Waals surface area contributed by atoms with Gasteiger partial charge in [0.05, 0.1) is 0 Å². The van der Waals surface area contributed by atoms with Gasteiger partial charge in [0.1, 0.15) is 0 Å².